The average molecular weight is 374 g/mol. The number of amides is 1. The molecular formula is C23H22N2O3. The quantitative estimate of drug-likeness (QED) is 0.456. The number of nitrogens with zero attached hydrogens (tertiary/aromatic N) is 1. The van der Waals surface area contributed by atoms with Crippen molar-refractivity contribution in [3.8, 4) is 5.75 Å². The number of phenols is 1. The third kappa shape index (κ3) is 3.94. The summed E-state index contributed by atoms with van der Waals surface area (Å²) in [4.78, 5) is 13.1. The summed E-state index contributed by atoms with van der Waals surface area (Å²) < 4.78 is 0. The maximum absolute atomic E-state index is 13.1. The monoisotopic (exact) mass is 374 g/mol. The first-order valence-corrected chi connectivity index (χ1v) is 9.05. The molecule has 0 aliphatic rings. The number of phenolic OH excluding ortho intramolecular Hbond substituents is 1. The summed E-state index contributed by atoms with van der Waals surface area (Å²) in [6.45, 7) is 1.92. The number of hydrogen-bond acceptors (Lipinski definition) is 4. The maximum Gasteiger partial charge on any atom is 0.281 e. The highest BCUT2D eigenvalue weighted by molar-refractivity contribution is 6.01. The lowest BCUT2D eigenvalue weighted by Crippen LogP contribution is -2.44. The van der Waals surface area contributed by atoms with Gasteiger partial charge < -0.3 is 10.2 Å². The third-order valence-electron chi connectivity index (χ3n) is 4.54. The van der Waals surface area contributed by atoms with Gasteiger partial charge in [-0.05, 0) is 47.4 Å². The van der Waals surface area contributed by atoms with E-state index >= 15 is 0 Å². The summed E-state index contributed by atoms with van der Waals surface area (Å²) in [5.74, 6) is -0.486. The van der Waals surface area contributed by atoms with Crippen molar-refractivity contribution in [2.45, 2.75) is 18.9 Å². The Bertz CT molecular complexity index is 913. The topological polar surface area (TPSA) is 81.9 Å². The Balaban J connectivity index is 1.95. The fourth-order valence-corrected chi connectivity index (χ4v) is 2.99. The van der Waals surface area contributed by atoms with Crippen LogP contribution in [-0.2, 0) is 10.4 Å². The first-order valence-electron chi connectivity index (χ1n) is 9.05. The number of aromatic hydroxyl groups is 1. The molecule has 0 bridgehead atoms. The Hall–Kier alpha value is -3.44. The Labute approximate surface area is 164 Å². The third-order valence-corrected chi connectivity index (χ3v) is 4.54. The van der Waals surface area contributed by atoms with E-state index in [2.05, 4.69) is 10.5 Å². The molecule has 3 aromatic carbocycles. The molecule has 0 radical (unpaired) electrons. The van der Waals surface area contributed by atoms with Crippen LogP contribution in [0.3, 0.4) is 0 Å². The van der Waals surface area contributed by atoms with Crippen LogP contribution in [0.1, 0.15) is 30.0 Å². The number of rotatable bonds is 6. The summed E-state index contributed by atoms with van der Waals surface area (Å²) >= 11 is 0. The van der Waals surface area contributed by atoms with E-state index in [4.69, 9.17) is 0 Å². The molecule has 0 saturated heterocycles. The van der Waals surface area contributed by atoms with Gasteiger partial charge in [-0.2, -0.15) is 5.10 Å². The molecule has 3 rings (SSSR count). The SMILES string of the molecule is CC/C(=N\NC(=O)C(O)(c1ccccc1)c1ccccc1)c1ccc(O)cc1. The van der Waals surface area contributed by atoms with Crippen molar-refractivity contribution in [3.63, 3.8) is 0 Å². The van der Waals surface area contributed by atoms with Gasteiger partial charge in [-0.25, -0.2) is 5.43 Å². The first kappa shape index (κ1) is 19.3. The smallest absolute Gasteiger partial charge is 0.281 e. The molecule has 0 spiro atoms. The minimum atomic E-state index is -1.88. The fraction of sp³-hybridized carbons (Fsp3) is 0.130. The molecule has 0 unspecified atom stereocenters. The molecule has 0 aliphatic heterocycles. The number of hydrogen-bond donors (Lipinski definition) is 3. The van der Waals surface area contributed by atoms with E-state index in [0.29, 0.717) is 23.3 Å². The molecular weight excluding hydrogens is 352 g/mol. The van der Waals surface area contributed by atoms with Crippen molar-refractivity contribution in [3.05, 3.63) is 102 Å². The van der Waals surface area contributed by atoms with Gasteiger partial charge in [0, 0.05) is 0 Å². The van der Waals surface area contributed by atoms with Crippen LogP contribution >= 0.6 is 0 Å². The Morgan fingerprint density at radius 1 is 0.893 bits per heavy atom. The first-order chi connectivity index (χ1) is 13.6. The fourth-order valence-electron chi connectivity index (χ4n) is 2.99. The molecule has 0 fully saturated rings. The number of carbonyl (C=O) groups excluding carboxylic acids is 1. The molecule has 5 nitrogen and oxygen atoms in total. The lowest BCUT2D eigenvalue weighted by atomic mass is 9.85. The second-order valence-electron chi connectivity index (χ2n) is 6.34. The number of hydrazone groups is 1. The van der Waals surface area contributed by atoms with Crippen molar-refractivity contribution < 1.29 is 15.0 Å². The molecule has 5 heteroatoms. The van der Waals surface area contributed by atoms with Crippen molar-refractivity contribution in [1.82, 2.24) is 5.43 Å². The molecule has 28 heavy (non-hydrogen) atoms. The summed E-state index contributed by atoms with van der Waals surface area (Å²) in [5.41, 5.74) is 2.97. The van der Waals surface area contributed by atoms with E-state index in [1.54, 1.807) is 72.8 Å². The molecule has 0 aromatic heterocycles. The van der Waals surface area contributed by atoms with Crippen molar-refractivity contribution in [2.24, 2.45) is 5.10 Å². The van der Waals surface area contributed by atoms with Crippen LogP contribution in [0.25, 0.3) is 0 Å². The summed E-state index contributed by atoms with van der Waals surface area (Å²) in [6.07, 6.45) is 0.570. The minimum Gasteiger partial charge on any atom is -0.508 e. The molecule has 0 aliphatic carbocycles. The summed E-state index contributed by atoms with van der Waals surface area (Å²) in [5, 5.41) is 25.1. The lowest BCUT2D eigenvalue weighted by Gasteiger charge is -2.27. The van der Waals surface area contributed by atoms with Crippen LogP contribution in [0.5, 0.6) is 5.75 Å². The van der Waals surface area contributed by atoms with Gasteiger partial charge in [0.1, 0.15) is 5.75 Å². The number of benzene rings is 3. The second-order valence-corrected chi connectivity index (χ2v) is 6.34. The van der Waals surface area contributed by atoms with Gasteiger partial charge in [-0.1, -0.05) is 67.6 Å². The summed E-state index contributed by atoms with van der Waals surface area (Å²) in [6, 6.07) is 24.1. The zero-order valence-corrected chi connectivity index (χ0v) is 15.5. The maximum atomic E-state index is 13.1. The predicted octanol–water partition coefficient (Wildman–Crippen LogP) is 3.56. The molecule has 3 aromatic rings. The number of carbonyl (C=O) groups is 1. The van der Waals surface area contributed by atoms with Gasteiger partial charge in [0.25, 0.3) is 5.91 Å². The Morgan fingerprint density at radius 2 is 1.39 bits per heavy atom. The van der Waals surface area contributed by atoms with Crippen LogP contribution in [0.15, 0.2) is 90.0 Å². The van der Waals surface area contributed by atoms with Gasteiger partial charge >= 0.3 is 0 Å². The van der Waals surface area contributed by atoms with Gasteiger partial charge in [0.15, 0.2) is 5.60 Å². The Kier molecular flexibility index (Phi) is 5.87. The van der Waals surface area contributed by atoms with Gasteiger partial charge in [0.2, 0.25) is 0 Å². The average Bonchev–Trinajstić information content (AvgIpc) is 2.75. The molecule has 142 valence electrons. The summed E-state index contributed by atoms with van der Waals surface area (Å²) in [7, 11) is 0. The highest BCUT2D eigenvalue weighted by atomic mass is 16.3. The van der Waals surface area contributed by atoms with E-state index in [-0.39, 0.29) is 5.75 Å². The van der Waals surface area contributed by atoms with E-state index in [1.807, 2.05) is 19.1 Å². The van der Waals surface area contributed by atoms with Crippen LogP contribution in [0.2, 0.25) is 0 Å². The lowest BCUT2D eigenvalue weighted by molar-refractivity contribution is -0.136. The van der Waals surface area contributed by atoms with Crippen LogP contribution in [0.4, 0.5) is 0 Å². The number of aliphatic hydroxyl groups is 1. The standard InChI is InChI=1S/C23H22N2O3/c1-2-21(17-13-15-20(26)16-14-17)24-25-22(27)23(28,18-9-5-3-6-10-18)19-11-7-4-8-12-19/h3-16,26,28H,2H2,1H3,(H,25,27)/b24-21+. The van der Waals surface area contributed by atoms with Crippen LogP contribution < -0.4 is 5.43 Å². The van der Waals surface area contributed by atoms with Gasteiger partial charge in [-0.3, -0.25) is 4.79 Å². The van der Waals surface area contributed by atoms with Crippen molar-refractivity contribution >= 4 is 11.6 Å². The molecule has 3 N–H and O–H groups in total. The zero-order chi connectivity index (χ0) is 20.0. The normalized spacial score (nSPS) is 11.9. The van der Waals surface area contributed by atoms with Crippen molar-refractivity contribution in [2.75, 3.05) is 0 Å². The highest BCUT2D eigenvalue weighted by Gasteiger charge is 2.39. The predicted molar refractivity (Wildman–Crippen MR) is 109 cm³/mol. The van der Waals surface area contributed by atoms with E-state index in [9.17, 15) is 15.0 Å². The van der Waals surface area contributed by atoms with E-state index in [0.717, 1.165) is 5.56 Å². The van der Waals surface area contributed by atoms with Gasteiger partial charge in [0.05, 0.1) is 5.71 Å². The van der Waals surface area contributed by atoms with Crippen LogP contribution in [-0.4, -0.2) is 21.8 Å². The number of nitrogens with one attached hydrogen (secondary N) is 1. The molecule has 0 saturated carbocycles. The van der Waals surface area contributed by atoms with Crippen LogP contribution in [0, 0.1) is 0 Å². The largest absolute Gasteiger partial charge is 0.508 e. The zero-order valence-electron chi connectivity index (χ0n) is 15.5. The molecule has 1 amide bonds. The van der Waals surface area contributed by atoms with Crippen molar-refractivity contribution in [1.29, 1.82) is 0 Å². The Morgan fingerprint density at radius 3 is 1.86 bits per heavy atom. The van der Waals surface area contributed by atoms with Gasteiger partial charge in [-0.15, -0.1) is 0 Å². The highest BCUT2D eigenvalue weighted by Crippen LogP contribution is 2.29. The second kappa shape index (κ2) is 8.50. The van der Waals surface area contributed by atoms with E-state index < -0.39 is 11.5 Å². The minimum absolute atomic E-state index is 0.158. The van der Waals surface area contributed by atoms with E-state index in [1.165, 1.54) is 0 Å². The molecule has 0 heterocycles. The molecule has 0 atom stereocenters.